The number of alkyl halides is 1. The Bertz CT molecular complexity index is 312. The van der Waals surface area contributed by atoms with Crippen LogP contribution in [0.1, 0.15) is 17.9 Å². The molecule has 0 N–H and O–H groups in total. The average Bonchev–Trinajstić information content (AvgIpc) is 2.26. The molecule has 0 bridgehead atoms. The fraction of sp³-hybridized carbons (Fsp3) is 0.455. The molecule has 1 atom stereocenters. The van der Waals surface area contributed by atoms with E-state index < -0.39 is 0 Å². The highest BCUT2D eigenvalue weighted by atomic mass is 35.5. The molecule has 0 radical (unpaired) electrons. The highest BCUT2D eigenvalue weighted by Gasteiger charge is 2.14. The van der Waals surface area contributed by atoms with Gasteiger partial charge < -0.3 is 14.2 Å². The zero-order chi connectivity index (χ0) is 11.4. The Hall–Kier alpha value is -1.09. The number of benzene rings is 1. The summed E-state index contributed by atoms with van der Waals surface area (Å²) in [5, 5.41) is -0.0984. The van der Waals surface area contributed by atoms with Gasteiger partial charge in [0, 0.05) is 0 Å². The van der Waals surface area contributed by atoms with Gasteiger partial charge in [-0.15, -0.1) is 11.6 Å². The fourth-order valence-electron chi connectivity index (χ4n) is 1.33. The first-order chi connectivity index (χ1) is 7.13. The van der Waals surface area contributed by atoms with E-state index in [0.29, 0.717) is 17.2 Å². The smallest absolute Gasteiger partial charge is 0.203 e. The molecule has 3 nitrogen and oxygen atoms in total. The summed E-state index contributed by atoms with van der Waals surface area (Å²) >= 11 is 6.00. The van der Waals surface area contributed by atoms with Crippen LogP contribution in [0.2, 0.25) is 0 Å². The van der Waals surface area contributed by atoms with Crippen LogP contribution in [0.15, 0.2) is 12.1 Å². The van der Waals surface area contributed by atoms with Crippen LogP contribution in [0.4, 0.5) is 0 Å². The molecule has 1 aromatic rings. The molecule has 0 amide bonds. The van der Waals surface area contributed by atoms with Gasteiger partial charge in [0.25, 0.3) is 0 Å². The van der Waals surface area contributed by atoms with E-state index in [2.05, 4.69) is 0 Å². The van der Waals surface area contributed by atoms with Crippen LogP contribution >= 0.6 is 11.6 Å². The van der Waals surface area contributed by atoms with Crippen LogP contribution in [0, 0.1) is 0 Å². The molecule has 0 saturated heterocycles. The van der Waals surface area contributed by atoms with Gasteiger partial charge in [-0.25, -0.2) is 0 Å². The molecule has 4 heteroatoms. The van der Waals surface area contributed by atoms with Gasteiger partial charge in [0.05, 0.1) is 26.7 Å². The van der Waals surface area contributed by atoms with E-state index in [9.17, 15) is 0 Å². The SMILES string of the molecule is COc1cc(C(C)Cl)cc(OC)c1OC. The molecule has 0 heterocycles. The van der Waals surface area contributed by atoms with E-state index in [0.717, 1.165) is 5.56 Å². The van der Waals surface area contributed by atoms with Crippen LogP contribution in [0.5, 0.6) is 17.2 Å². The Morgan fingerprint density at radius 3 is 1.73 bits per heavy atom. The molecule has 0 fully saturated rings. The van der Waals surface area contributed by atoms with Gasteiger partial charge in [-0.3, -0.25) is 0 Å². The zero-order valence-electron chi connectivity index (χ0n) is 9.33. The second-order valence-electron chi connectivity index (χ2n) is 3.07. The van der Waals surface area contributed by atoms with Crippen molar-refractivity contribution in [3.05, 3.63) is 17.7 Å². The molecular formula is C11H15ClO3. The summed E-state index contributed by atoms with van der Waals surface area (Å²) in [4.78, 5) is 0. The van der Waals surface area contributed by atoms with Crippen molar-refractivity contribution in [3.8, 4) is 17.2 Å². The maximum Gasteiger partial charge on any atom is 0.203 e. The number of hydrogen-bond donors (Lipinski definition) is 0. The molecule has 1 unspecified atom stereocenters. The van der Waals surface area contributed by atoms with Crippen LogP contribution in [0.3, 0.4) is 0 Å². The summed E-state index contributed by atoms with van der Waals surface area (Å²) in [5.41, 5.74) is 0.936. The zero-order valence-corrected chi connectivity index (χ0v) is 10.1. The lowest BCUT2D eigenvalue weighted by atomic mass is 10.1. The highest BCUT2D eigenvalue weighted by Crippen LogP contribution is 2.40. The first-order valence-corrected chi connectivity index (χ1v) is 5.01. The van der Waals surface area contributed by atoms with Crippen molar-refractivity contribution in [2.24, 2.45) is 0 Å². The van der Waals surface area contributed by atoms with Crippen LogP contribution in [0.25, 0.3) is 0 Å². The molecule has 0 saturated carbocycles. The predicted molar refractivity (Wildman–Crippen MR) is 60.4 cm³/mol. The van der Waals surface area contributed by atoms with Gasteiger partial charge in [0.1, 0.15) is 0 Å². The Morgan fingerprint density at radius 1 is 1.00 bits per heavy atom. The van der Waals surface area contributed by atoms with Crippen LogP contribution < -0.4 is 14.2 Å². The number of methoxy groups -OCH3 is 3. The fourth-order valence-corrected chi connectivity index (χ4v) is 1.46. The summed E-state index contributed by atoms with van der Waals surface area (Å²) in [6.45, 7) is 1.89. The maximum absolute atomic E-state index is 6.00. The van der Waals surface area contributed by atoms with Gasteiger partial charge in [-0.2, -0.15) is 0 Å². The molecule has 0 aliphatic carbocycles. The Balaban J connectivity index is 3.29. The largest absolute Gasteiger partial charge is 0.493 e. The van der Waals surface area contributed by atoms with Crippen molar-refractivity contribution in [2.45, 2.75) is 12.3 Å². The highest BCUT2D eigenvalue weighted by molar-refractivity contribution is 6.20. The lowest BCUT2D eigenvalue weighted by molar-refractivity contribution is 0.324. The van der Waals surface area contributed by atoms with Crippen molar-refractivity contribution >= 4 is 11.6 Å². The van der Waals surface area contributed by atoms with E-state index in [1.54, 1.807) is 21.3 Å². The van der Waals surface area contributed by atoms with Gasteiger partial charge in [-0.1, -0.05) is 0 Å². The summed E-state index contributed by atoms with van der Waals surface area (Å²) in [7, 11) is 4.74. The third-order valence-electron chi connectivity index (χ3n) is 2.15. The van der Waals surface area contributed by atoms with E-state index in [1.807, 2.05) is 19.1 Å². The molecule has 0 aromatic heterocycles. The Morgan fingerprint density at radius 2 is 1.47 bits per heavy atom. The van der Waals surface area contributed by atoms with E-state index >= 15 is 0 Å². The van der Waals surface area contributed by atoms with Crippen molar-refractivity contribution in [1.29, 1.82) is 0 Å². The van der Waals surface area contributed by atoms with Gasteiger partial charge in [0.15, 0.2) is 11.5 Å². The molecule has 1 aromatic carbocycles. The lowest BCUT2D eigenvalue weighted by Crippen LogP contribution is -1.97. The van der Waals surface area contributed by atoms with E-state index in [1.165, 1.54) is 0 Å². The summed E-state index contributed by atoms with van der Waals surface area (Å²) in [6, 6.07) is 3.69. The second kappa shape index (κ2) is 5.12. The van der Waals surface area contributed by atoms with Crippen molar-refractivity contribution in [2.75, 3.05) is 21.3 Å². The standard InChI is InChI=1S/C11H15ClO3/c1-7(12)8-5-9(13-2)11(15-4)10(6-8)14-3/h5-7H,1-4H3. The molecule has 1 rings (SSSR count). The third-order valence-corrected chi connectivity index (χ3v) is 2.40. The van der Waals surface area contributed by atoms with Crippen molar-refractivity contribution < 1.29 is 14.2 Å². The number of halogens is 1. The predicted octanol–water partition coefficient (Wildman–Crippen LogP) is 3.01. The first-order valence-electron chi connectivity index (χ1n) is 4.58. The quantitative estimate of drug-likeness (QED) is 0.745. The summed E-state index contributed by atoms with van der Waals surface area (Å²) in [6.07, 6.45) is 0. The summed E-state index contributed by atoms with van der Waals surface area (Å²) in [5.74, 6) is 1.83. The van der Waals surface area contributed by atoms with Crippen molar-refractivity contribution in [3.63, 3.8) is 0 Å². The van der Waals surface area contributed by atoms with Gasteiger partial charge >= 0.3 is 0 Å². The molecule has 84 valence electrons. The minimum atomic E-state index is -0.0984. The third kappa shape index (κ3) is 2.48. The Labute approximate surface area is 94.9 Å². The van der Waals surface area contributed by atoms with Gasteiger partial charge in [-0.05, 0) is 24.6 Å². The Kier molecular flexibility index (Phi) is 4.09. The average molecular weight is 231 g/mol. The van der Waals surface area contributed by atoms with Crippen molar-refractivity contribution in [1.82, 2.24) is 0 Å². The molecule has 0 aliphatic heterocycles. The number of hydrogen-bond acceptors (Lipinski definition) is 3. The topological polar surface area (TPSA) is 27.7 Å². The second-order valence-corrected chi connectivity index (χ2v) is 3.73. The molecule has 0 spiro atoms. The minimum Gasteiger partial charge on any atom is -0.493 e. The number of rotatable bonds is 4. The van der Waals surface area contributed by atoms with E-state index in [4.69, 9.17) is 25.8 Å². The molecule has 0 aliphatic rings. The van der Waals surface area contributed by atoms with E-state index in [-0.39, 0.29) is 5.38 Å². The van der Waals surface area contributed by atoms with Crippen LogP contribution in [-0.2, 0) is 0 Å². The normalized spacial score (nSPS) is 12.1. The monoisotopic (exact) mass is 230 g/mol. The van der Waals surface area contributed by atoms with Crippen LogP contribution in [-0.4, -0.2) is 21.3 Å². The molecule has 15 heavy (non-hydrogen) atoms. The minimum absolute atomic E-state index is 0.0984. The lowest BCUT2D eigenvalue weighted by Gasteiger charge is -2.14. The number of ether oxygens (including phenoxy) is 3. The first kappa shape index (κ1) is 12.0. The molecular weight excluding hydrogens is 216 g/mol. The van der Waals surface area contributed by atoms with Gasteiger partial charge in [0.2, 0.25) is 5.75 Å². The maximum atomic E-state index is 6.00. The summed E-state index contributed by atoms with van der Waals surface area (Å²) < 4.78 is 15.6.